The topological polar surface area (TPSA) is 97.5 Å². The van der Waals surface area contributed by atoms with Crippen LogP contribution in [0.1, 0.15) is 44.9 Å². The van der Waals surface area contributed by atoms with Crippen LogP contribution >= 0.6 is 0 Å². The van der Waals surface area contributed by atoms with Crippen LogP contribution < -0.4 is 5.73 Å². The fourth-order valence-corrected chi connectivity index (χ4v) is 3.64. The number of hydrogen-bond donors (Lipinski definition) is 1. The summed E-state index contributed by atoms with van der Waals surface area (Å²) in [6.45, 7) is 0.525. The molecule has 0 unspecified atom stereocenters. The lowest BCUT2D eigenvalue weighted by Crippen LogP contribution is -2.47. The summed E-state index contributed by atoms with van der Waals surface area (Å²) < 4.78 is 22.7. The van der Waals surface area contributed by atoms with Gasteiger partial charge in [0.05, 0.1) is 6.04 Å². The van der Waals surface area contributed by atoms with E-state index in [1.54, 1.807) is 4.90 Å². The van der Waals surface area contributed by atoms with Crippen molar-refractivity contribution in [2.75, 3.05) is 18.6 Å². The van der Waals surface area contributed by atoms with E-state index >= 15 is 0 Å². The van der Waals surface area contributed by atoms with Crippen molar-refractivity contribution in [3.63, 3.8) is 0 Å². The third-order valence-electron chi connectivity index (χ3n) is 3.94. The number of unbranched alkanes of at least 4 members (excludes halogenated alkanes) is 1. The predicted molar refractivity (Wildman–Crippen MR) is 81.6 cm³/mol. The number of hydrogen-bond acceptors (Lipinski definition) is 5. The summed E-state index contributed by atoms with van der Waals surface area (Å²) in [5.41, 5.74) is 5.46. The van der Waals surface area contributed by atoms with Gasteiger partial charge in [0.1, 0.15) is 5.75 Å². The first kappa shape index (κ1) is 18.1. The van der Waals surface area contributed by atoms with Gasteiger partial charge in [0, 0.05) is 12.3 Å². The SMILES string of the molecule is CS(=O)(=O)CC(=O)[C@H](CCCCN)N(C=O)C1CCCC1. The van der Waals surface area contributed by atoms with Gasteiger partial charge < -0.3 is 10.6 Å². The Morgan fingerprint density at radius 3 is 2.43 bits per heavy atom. The third kappa shape index (κ3) is 6.13. The largest absolute Gasteiger partial charge is 0.332 e. The van der Waals surface area contributed by atoms with Gasteiger partial charge in [0.25, 0.3) is 0 Å². The van der Waals surface area contributed by atoms with Gasteiger partial charge in [-0.2, -0.15) is 0 Å². The molecule has 7 heteroatoms. The highest BCUT2D eigenvalue weighted by molar-refractivity contribution is 7.91. The van der Waals surface area contributed by atoms with Gasteiger partial charge in [-0.15, -0.1) is 0 Å². The summed E-state index contributed by atoms with van der Waals surface area (Å²) >= 11 is 0. The minimum atomic E-state index is -3.38. The molecule has 0 heterocycles. The normalized spacial score (nSPS) is 17.6. The average molecular weight is 318 g/mol. The van der Waals surface area contributed by atoms with E-state index in [1.165, 1.54) is 0 Å². The van der Waals surface area contributed by atoms with Crippen LogP contribution in [0.4, 0.5) is 0 Å². The number of ketones is 1. The fourth-order valence-electron chi connectivity index (χ4n) is 2.93. The van der Waals surface area contributed by atoms with E-state index in [0.717, 1.165) is 38.4 Å². The molecule has 1 fully saturated rings. The molecule has 0 bridgehead atoms. The Hall–Kier alpha value is -0.950. The highest BCUT2D eigenvalue weighted by Crippen LogP contribution is 2.26. The van der Waals surface area contributed by atoms with Crippen molar-refractivity contribution < 1.29 is 18.0 Å². The van der Waals surface area contributed by atoms with Crippen molar-refractivity contribution in [1.29, 1.82) is 0 Å². The van der Waals surface area contributed by atoms with Gasteiger partial charge in [0.2, 0.25) is 6.41 Å². The van der Waals surface area contributed by atoms with Crippen LogP contribution in [0.25, 0.3) is 0 Å². The summed E-state index contributed by atoms with van der Waals surface area (Å²) in [6, 6.07) is -0.569. The molecule has 0 saturated heterocycles. The lowest BCUT2D eigenvalue weighted by Gasteiger charge is -2.32. The van der Waals surface area contributed by atoms with Crippen LogP contribution in [0.2, 0.25) is 0 Å². The van der Waals surface area contributed by atoms with Crippen molar-refractivity contribution in [3.05, 3.63) is 0 Å². The van der Waals surface area contributed by atoms with E-state index < -0.39 is 21.6 Å². The third-order valence-corrected chi connectivity index (χ3v) is 4.74. The maximum absolute atomic E-state index is 12.3. The number of carbonyl (C=O) groups excluding carboxylic acids is 2. The minimum absolute atomic E-state index is 0.0638. The van der Waals surface area contributed by atoms with Gasteiger partial charge in [-0.1, -0.05) is 12.8 Å². The van der Waals surface area contributed by atoms with Gasteiger partial charge in [0.15, 0.2) is 15.6 Å². The molecule has 0 spiro atoms. The Bertz CT molecular complexity index is 444. The zero-order valence-electron chi connectivity index (χ0n) is 12.7. The lowest BCUT2D eigenvalue weighted by molar-refractivity contribution is -0.132. The zero-order valence-corrected chi connectivity index (χ0v) is 13.5. The number of rotatable bonds is 10. The summed E-state index contributed by atoms with van der Waals surface area (Å²) in [5.74, 6) is -0.884. The number of amides is 1. The quantitative estimate of drug-likeness (QED) is 0.467. The Kier molecular flexibility index (Phi) is 7.31. The van der Waals surface area contributed by atoms with Crippen molar-refractivity contribution in [2.45, 2.75) is 57.0 Å². The molecule has 0 radical (unpaired) electrons. The Morgan fingerprint density at radius 2 is 1.95 bits per heavy atom. The molecule has 1 aliphatic carbocycles. The molecule has 1 saturated carbocycles. The van der Waals surface area contributed by atoms with Crippen LogP contribution in [0, 0.1) is 0 Å². The molecule has 1 atom stereocenters. The van der Waals surface area contributed by atoms with Gasteiger partial charge in [-0.25, -0.2) is 8.42 Å². The van der Waals surface area contributed by atoms with Gasteiger partial charge >= 0.3 is 0 Å². The molecule has 122 valence electrons. The first-order chi connectivity index (χ1) is 9.89. The van der Waals surface area contributed by atoms with Gasteiger partial charge in [-0.3, -0.25) is 9.59 Å². The minimum Gasteiger partial charge on any atom is -0.332 e. The van der Waals surface area contributed by atoms with E-state index in [2.05, 4.69) is 0 Å². The molecular formula is C14H26N2O4S. The predicted octanol–water partition coefficient (Wildman–Crippen LogP) is 0.499. The first-order valence-electron chi connectivity index (χ1n) is 7.52. The second-order valence-corrected chi connectivity index (χ2v) is 7.97. The van der Waals surface area contributed by atoms with E-state index in [9.17, 15) is 18.0 Å². The second-order valence-electron chi connectivity index (χ2n) is 5.83. The molecule has 0 aromatic rings. The maximum Gasteiger partial charge on any atom is 0.210 e. The smallest absolute Gasteiger partial charge is 0.210 e. The van der Waals surface area contributed by atoms with E-state index in [0.29, 0.717) is 25.8 Å². The van der Waals surface area contributed by atoms with Gasteiger partial charge in [-0.05, 0) is 38.6 Å². The molecule has 0 aliphatic heterocycles. The van der Waals surface area contributed by atoms with Crippen molar-refractivity contribution in [1.82, 2.24) is 4.90 Å². The van der Waals surface area contributed by atoms with Crippen molar-refractivity contribution in [3.8, 4) is 0 Å². The van der Waals surface area contributed by atoms with Crippen LogP contribution in [-0.2, 0) is 19.4 Å². The molecule has 1 rings (SSSR count). The molecule has 1 amide bonds. The zero-order chi connectivity index (χ0) is 15.9. The van der Waals surface area contributed by atoms with Crippen LogP contribution in [0.15, 0.2) is 0 Å². The van der Waals surface area contributed by atoms with Crippen LogP contribution in [0.5, 0.6) is 0 Å². The lowest BCUT2D eigenvalue weighted by atomic mass is 10.0. The first-order valence-corrected chi connectivity index (χ1v) is 9.58. The second kappa shape index (κ2) is 8.48. The Balaban J connectivity index is 2.82. The average Bonchev–Trinajstić information content (AvgIpc) is 2.89. The number of nitrogens with zero attached hydrogens (tertiary/aromatic N) is 1. The molecule has 2 N–H and O–H groups in total. The summed E-state index contributed by atoms with van der Waals surface area (Å²) in [5, 5.41) is 0. The van der Waals surface area contributed by atoms with Crippen LogP contribution in [0.3, 0.4) is 0 Å². The number of nitrogens with two attached hydrogens (primary N) is 1. The Morgan fingerprint density at radius 1 is 1.33 bits per heavy atom. The monoisotopic (exact) mass is 318 g/mol. The van der Waals surface area contributed by atoms with Crippen LogP contribution in [-0.4, -0.2) is 56.1 Å². The number of Topliss-reactive ketones (excluding diaryl/α,β-unsaturated/α-hetero) is 1. The van der Waals surface area contributed by atoms with E-state index in [-0.39, 0.29) is 11.8 Å². The van der Waals surface area contributed by atoms with Crippen molar-refractivity contribution >= 4 is 22.0 Å². The molecule has 1 aliphatic rings. The number of carbonyl (C=O) groups is 2. The standard InChI is InChI=1S/C14H26N2O4S/c1-21(19,20)10-14(18)13(8-4-5-9-15)16(11-17)12-6-2-3-7-12/h11-13H,2-10,15H2,1H3/t13-/m0/s1. The molecule has 0 aromatic heterocycles. The fraction of sp³-hybridized carbons (Fsp3) is 0.857. The van der Waals surface area contributed by atoms with Crippen molar-refractivity contribution in [2.24, 2.45) is 5.73 Å². The number of sulfone groups is 1. The van der Waals surface area contributed by atoms with E-state index in [1.807, 2.05) is 0 Å². The maximum atomic E-state index is 12.3. The molecule has 6 nitrogen and oxygen atoms in total. The van der Waals surface area contributed by atoms with E-state index in [4.69, 9.17) is 5.73 Å². The molecular weight excluding hydrogens is 292 g/mol. The Labute approximate surface area is 127 Å². The summed E-state index contributed by atoms with van der Waals surface area (Å²) in [6.07, 6.45) is 7.59. The summed E-state index contributed by atoms with van der Waals surface area (Å²) in [4.78, 5) is 25.3. The highest BCUT2D eigenvalue weighted by Gasteiger charge is 2.32. The summed E-state index contributed by atoms with van der Waals surface area (Å²) in [7, 11) is -3.38. The highest BCUT2D eigenvalue weighted by atomic mass is 32.2. The molecule has 21 heavy (non-hydrogen) atoms. The molecule has 0 aromatic carbocycles.